The SMILES string of the molecule is CNc1cc(C)nc2c(OC)cc(Cl)c(C)c12. The average Bonchev–Trinajstić information content (AvgIpc) is 2.32. The van der Waals surface area contributed by atoms with E-state index in [0.717, 1.165) is 27.8 Å². The lowest BCUT2D eigenvalue weighted by Gasteiger charge is -2.14. The fourth-order valence-electron chi connectivity index (χ4n) is 1.99. The molecule has 0 fully saturated rings. The molecule has 1 heterocycles. The number of pyridine rings is 1. The topological polar surface area (TPSA) is 34.2 Å². The summed E-state index contributed by atoms with van der Waals surface area (Å²) in [6.45, 7) is 3.95. The highest BCUT2D eigenvalue weighted by molar-refractivity contribution is 6.33. The summed E-state index contributed by atoms with van der Waals surface area (Å²) in [7, 11) is 3.52. The second-order valence-corrected chi connectivity index (χ2v) is 4.38. The van der Waals surface area contributed by atoms with Crippen molar-refractivity contribution in [2.24, 2.45) is 0 Å². The number of anilines is 1. The summed E-state index contributed by atoms with van der Waals surface area (Å²) in [4.78, 5) is 4.53. The van der Waals surface area contributed by atoms with Crippen LogP contribution in [0.25, 0.3) is 10.9 Å². The number of hydrogen-bond acceptors (Lipinski definition) is 3. The Balaban J connectivity index is 2.97. The molecule has 1 N–H and O–H groups in total. The Kier molecular flexibility index (Phi) is 3.11. The monoisotopic (exact) mass is 250 g/mol. The van der Waals surface area contributed by atoms with Crippen molar-refractivity contribution in [3.8, 4) is 5.75 Å². The minimum absolute atomic E-state index is 0.691. The molecule has 0 saturated heterocycles. The van der Waals surface area contributed by atoms with E-state index in [1.165, 1.54) is 0 Å². The third-order valence-electron chi connectivity index (χ3n) is 2.86. The minimum atomic E-state index is 0.691. The van der Waals surface area contributed by atoms with Crippen LogP contribution in [0.15, 0.2) is 12.1 Å². The number of aryl methyl sites for hydroxylation is 2. The molecule has 0 unspecified atom stereocenters. The van der Waals surface area contributed by atoms with E-state index in [1.54, 1.807) is 7.11 Å². The molecule has 1 aromatic carbocycles. The normalized spacial score (nSPS) is 10.6. The maximum Gasteiger partial charge on any atom is 0.146 e. The van der Waals surface area contributed by atoms with Gasteiger partial charge in [-0.3, -0.25) is 0 Å². The molecule has 2 aromatic rings. The lowest BCUT2D eigenvalue weighted by Crippen LogP contribution is -1.98. The highest BCUT2D eigenvalue weighted by Gasteiger charge is 2.13. The molecule has 90 valence electrons. The fraction of sp³-hybridized carbons (Fsp3) is 0.308. The van der Waals surface area contributed by atoms with Gasteiger partial charge in [-0.25, -0.2) is 4.98 Å². The van der Waals surface area contributed by atoms with Gasteiger partial charge in [0, 0.05) is 34.9 Å². The number of methoxy groups -OCH3 is 1. The van der Waals surface area contributed by atoms with Crippen molar-refractivity contribution >= 4 is 28.2 Å². The molecular weight excluding hydrogens is 236 g/mol. The summed E-state index contributed by atoms with van der Waals surface area (Å²) in [5.74, 6) is 0.704. The van der Waals surface area contributed by atoms with Gasteiger partial charge in [-0.15, -0.1) is 0 Å². The molecular formula is C13H15ClN2O. The molecule has 4 heteroatoms. The van der Waals surface area contributed by atoms with E-state index >= 15 is 0 Å². The van der Waals surface area contributed by atoms with E-state index in [2.05, 4.69) is 10.3 Å². The third kappa shape index (κ3) is 1.91. The molecule has 0 saturated carbocycles. The molecule has 0 aliphatic heterocycles. The number of rotatable bonds is 2. The van der Waals surface area contributed by atoms with E-state index in [1.807, 2.05) is 33.0 Å². The number of benzene rings is 1. The molecule has 0 amide bonds. The molecule has 1 aromatic heterocycles. The van der Waals surface area contributed by atoms with Crippen LogP contribution in [0.5, 0.6) is 5.75 Å². The van der Waals surface area contributed by atoms with Crippen molar-refractivity contribution in [1.82, 2.24) is 4.98 Å². The molecule has 3 nitrogen and oxygen atoms in total. The van der Waals surface area contributed by atoms with Gasteiger partial charge in [0.25, 0.3) is 0 Å². The molecule has 0 spiro atoms. The summed E-state index contributed by atoms with van der Waals surface area (Å²) in [6.07, 6.45) is 0. The Bertz CT molecular complexity index is 581. The molecule has 17 heavy (non-hydrogen) atoms. The molecule has 0 radical (unpaired) electrons. The van der Waals surface area contributed by atoms with Crippen molar-refractivity contribution in [2.45, 2.75) is 13.8 Å². The maximum absolute atomic E-state index is 6.20. The molecule has 0 atom stereocenters. The number of nitrogens with one attached hydrogen (secondary N) is 1. The van der Waals surface area contributed by atoms with E-state index in [9.17, 15) is 0 Å². The summed E-state index contributed by atoms with van der Waals surface area (Å²) in [6, 6.07) is 3.82. The molecule has 0 aliphatic carbocycles. The van der Waals surface area contributed by atoms with Gasteiger partial charge >= 0.3 is 0 Å². The van der Waals surface area contributed by atoms with Crippen LogP contribution >= 0.6 is 11.6 Å². The van der Waals surface area contributed by atoms with Gasteiger partial charge in [0.15, 0.2) is 0 Å². The van der Waals surface area contributed by atoms with Crippen LogP contribution in [0.3, 0.4) is 0 Å². The van der Waals surface area contributed by atoms with Crippen molar-refractivity contribution in [2.75, 3.05) is 19.5 Å². The lowest BCUT2D eigenvalue weighted by atomic mass is 10.1. The molecule has 0 bridgehead atoms. The van der Waals surface area contributed by atoms with Crippen LogP contribution < -0.4 is 10.1 Å². The van der Waals surface area contributed by atoms with Crippen molar-refractivity contribution in [1.29, 1.82) is 0 Å². The Hall–Kier alpha value is -1.48. The maximum atomic E-state index is 6.20. The average molecular weight is 251 g/mol. The Morgan fingerprint density at radius 3 is 2.59 bits per heavy atom. The Morgan fingerprint density at radius 2 is 2.00 bits per heavy atom. The van der Waals surface area contributed by atoms with Gasteiger partial charge < -0.3 is 10.1 Å². The van der Waals surface area contributed by atoms with Gasteiger partial charge in [0.1, 0.15) is 11.3 Å². The van der Waals surface area contributed by atoms with Gasteiger partial charge in [-0.1, -0.05) is 11.6 Å². The first kappa shape index (κ1) is 12.0. The highest BCUT2D eigenvalue weighted by atomic mass is 35.5. The third-order valence-corrected chi connectivity index (χ3v) is 3.25. The number of fused-ring (bicyclic) bond motifs is 1. The quantitative estimate of drug-likeness (QED) is 0.885. The summed E-state index contributed by atoms with van der Waals surface area (Å²) in [5.41, 5.74) is 3.82. The van der Waals surface area contributed by atoms with E-state index in [-0.39, 0.29) is 0 Å². The predicted octanol–water partition coefficient (Wildman–Crippen LogP) is 3.56. The zero-order valence-corrected chi connectivity index (χ0v) is 11.1. The number of ether oxygens (including phenoxy) is 1. The van der Waals surface area contributed by atoms with Gasteiger partial charge in [-0.2, -0.15) is 0 Å². The first-order chi connectivity index (χ1) is 8.08. The number of halogens is 1. The highest BCUT2D eigenvalue weighted by Crippen LogP contribution is 2.36. The predicted molar refractivity (Wildman–Crippen MR) is 72.3 cm³/mol. The number of hydrogen-bond donors (Lipinski definition) is 1. The minimum Gasteiger partial charge on any atom is -0.494 e. The fourth-order valence-corrected chi connectivity index (χ4v) is 2.19. The first-order valence-electron chi connectivity index (χ1n) is 5.40. The summed E-state index contributed by atoms with van der Waals surface area (Å²) < 4.78 is 5.34. The largest absolute Gasteiger partial charge is 0.494 e. The van der Waals surface area contributed by atoms with Crippen molar-refractivity contribution in [3.63, 3.8) is 0 Å². The van der Waals surface area contributed by atoms with Crippen LogP contribution in [0.1, 0.15) is 11.3 Å². The van der Waals surface area contributed by atoms with E-state index < -0.39 is 0 Å². The van der Waals surface area contributed by atoms with Gasteiger partial charge in [-0.05, 0) is 25.5 Å². The lowest BCUT2D eigenvalue weighted by molar-refractivity contribution is 0.419. The molecule has 2 rings (SSSR count). The van der Waals surface area contributed by atoms with E-state index in [4.69, 9.17) is 16.3 Å². The second kappa shape index (κ2) is 4.41. The van der Waals surface area contributed by atoms with E-state index in [0.29, 0.717) is 10.8 Å². The van der Waals surface area contributed by atoms with Gasteiger partial charge in [0.05, 0.1) is 7.11 Å². The zero-order chi connectivity index (χ0) is 12.6. The summed E-state index contributed by atoms with van der Waals surface area (Å²) in [5, 5.41) is 4.88. The summed E-state index contributed by atoms with van der Waals surface area (Å²) >= 11 is 6.20. The van der Waals surface area contributed by atoms with Crippen LogP contribution in [-0.2, 0) is 0 Å². The number of aromatic nitrogens is 1. The van der Waals surface area contributed by atoms with Gasteiger partial charge in [0.2, 0.25) is 0 Å². The Labute approximate surface area is 106 Å². The van der Waals surface area contributed by atoms with Crippen LogP contribution in [-0.4, -0.2) is 19.1 Å². The van der Waals surface area contributed by atoms with Crippen LogP contribution in [0, 0.1) is 13.8 Å². The Morgan fingerprint density at radius 1 is 1.29 bits per heavy atom. The molecule has 0 aliphatic rings. The van der Waals surface area contributed by atoms with Crippen LogP contribution in [0.4, 0.5) is 5.69 Å². The zero-order valence-electron chi connectivity index (χ0n) is 10.4. The smallest absolute Gasteiger partial charge is 0.146 e. The standard InChI is InChI=1S/C13H15ClN2O/c1-7-5-10(15-3)12-8(2)9(14)6-11(17-4)13(12)16-7/h5-6H,1-4H3,(H,15,16). The van der Waals surface area contributed by atoms with Crippen LogP contribution in [0.2, 0.25) is 5.02 Å². The van der Waals surface area contributed by atoms with Crippen molar-refractivity contribution < 1.29 is 4.74 Å². The second-order valence-electron chi connectivity index (χ2n) is 3.97. The van der Waals surface area contributed by atoms with Crippen molar-refractivity contribution in [3.05, 3.63) is 28.4 Å². The first-order valence-corrected chi connectivity index (χ1v) is 5.78. The number of nitrogens with zero attached hydrogens (tertiary/aromatic N) is 1.